The fraction of sp³-hybridized carbons (Fsp3) is 0.250. The van der Waals surface area contributed by atoms with Crippen LogP contribution in [-0.4, -0.2) is 21.7 Å². The Morgan fingerprint density at radius 2 is 2.17 bits per heavy atom. The van der Waals surface area contributed by atoms with Crippen molar-refractivity contribution in [3.05, 3.63) is 56.2 Å². The van der Waals surface area contributed by atoms with Crippen LogP contribution in [0, 0.1) is 6.92 Å². The van der Waals surface area contributed by atoms with Gasteiger partial charge in [-0.2, -0.15) is 0 Å². The van der Waals surface area contributed by atoms with Crippen LogP contribution in [0.5, 0.6) is 0 Å². The zero-order valence-electron chi connectivity index (χ0n) is 9.99. The summed E-state index contributed by atoms with van der Waals surface area (Å²) in [5.74, 6) is 0.127. The number of benzene rings is 1. The average molecular weight is 246 g/mol. The van der Waals surface area contributed by atoms with Crippen LogP contribution in [-0.2, 0) is 6.42 Å². The Morgan fingerprint density at radius 1 is 1.33 bits per heavy atom. The molecule has 0 fully saturated rings. The smallest absolute Gasteiger partial charge is 0.342 e. The van der Waals surface area contributed by atoms with E-state index in [1.165, 1.54) is 11.1 Å². The topological polar surface area (TPSA) is 90.6 Å². The number of rotatable bonds is 4. The molecule has 6 nitrogen and oxygen atoms in total. The molecule has 0 atom stereocenters. The van der Waals surface area contributed by atoms with Crippen molar-refractivity contribution in [3.8, 4) is 0 Å². The first-order chi connectivity index (χ1) is 8.65. The summed E-state index contributed by atoms with van der Waals surface area (Å²) in [5.41, 5.74) is 1.27. The van der Waals surface area contributed by atoms with E-state index in [9.17, 15) is 9.59 Å². The predicted octanol–water partition coefficient (Wildman–Crippen LogP) is 0.421. The number of hydrogen-bond donors (Lipinski definition) is 3. The van der Waals surface area contributed by atoms with Gasteiger partial charge in [-0.1, -0.05) is 29.8 Å². The van der Waals surface area contributed by atoms with E-state index in [1.54, 1.807) is 0 Å². The molecule has 0 aliphatic heterocycles. The SMILES string of the molecule is Cc1cccc(CCNc2n[nH]c(=O)[nH]c2=O)c1. The molecule has 0 saturated carbocycles. The number of hydrogen-bond acceptors (Lipinski definition) is 4. The Bertz CT molecular complexity index is 645. The normalized spacial score (nSPS) is 10.3. The number of aromatic amines is 2. The molecule has 0 radical (unpaired) electrons. The van der Waals surface area contributed by atoms with Crippen LogP contribution in [0.1, 0.15) is 11.1 Å². The molecule has 18 heavy (non-hydrogen) atoms. The van der Waals surface area contributed by atoms with Gasteiger partial charge in [0.2, 0.25) is 5.82 Å². The third-order valence-corrected chi connectivity index (χ3v) is 2.50. The van der Waals surface area contributed by atoms with Crippen molar-refractivity contribution in [3.63, 3.8) is 0 Å². The fourth-order valence-electron chi connectivity index (χ4n) is 1.66. The van der Waals surface area contributed by atoms with Gasteiger partial charge in [-0.3, -0.25) is 9.78 Å². The highest BCUT2D eigenvalue weighted by molar-refractivity contribution is 5.30. The number of aromatic nitrogens is 3. The summed E-state index contributed by atoms with van der Waals surface area (Å²) in [6, 6.07) is 8.15. The Labute approximate surface area is 103 Å². The van der Waals surface area contributed by atoms with Crippen LogP contribution in [0.4, 0.5) is 5.82 Å². The maximum Gasteiger partial charge on any atom is 0.342 e. The van der Waals surface area contributed by atoms with Gasteiger partial charge in [-0.15, -0.1) is 5.10 Å². The highest BCUT2D eigenvalue weighted by atomic mass is 16.2. The fourth-order valence-corrected chi connectivity index (χ4v) is 1.66. The van der Waals surface area contributed by atoms with Gasteiger partial charge in [0, 0.05) is 6.54 Å². The van der Waals surface area contributed by atoms with E-state index >= 15 is 0 Å². The standard InChI is InChI=1S/C12H14N4O2/c1-8-3-2-4-9(7-8)5-6-13-10-11(17)14-12(18)16-15-10/h2-4,7H,5-6H2,1H3,(H,13,15)(H2,14,16,17,18). The molecular formula is C12H14N4O2. The predicted molar refractivity (Wildman–Crippen MR) is 68.9 cm³/mol. The summed E-state index contributed by atoms with van der Waals surface area (Å²) < 4.78 is 0. The van der Waals surface area contributed by atoms with Crippen LogP contribution in [0.15, 0.2) is 33.9 Å². The van der Waals surface area contributed by atoms with Gasteiger partial charge in [-0.25, -0.2) is 9.89 Å². The highest BCUT2D eigenvalue weighted by Crippen LogP contribution is 2.04. The first-order valence-electron chi connectivity index (χ1n) is 5.63. The molecule has 94 valence electrons. The van der Waals surface area contributed by atoms with Crippen molar-refractivity contribution in [2.24, 2.45) is 0 Å². The molecule has 0 saturated heterocycles. The molecule has 2 aromatic rings. The van der Waals surface area contributed by atoms with Gasteiger partial charge in [0.1, 0.15) is 0 Å². The van der Waals surface area contributed by atoms with E-state index in [0.29, 0.717) is 6.54 Å². The van der Waals surface area contributed by atoms with E-state index in [-0.39, 0.29) is 5.82 Å². The maximum absolute atomic E-state index is 11.3. The van der Waals surface area contributed by atoms with Gasteiger partial charge < -0.3 is 5.32 Å². The minimum Gasteiger partial charge on any atom is -0.364 e. The van der Waals surface area contributed by atoms with Crippen LogP contribution in [0.2, 0.25) is 0 Å². The second-order valence-electron chi connectivity index (χ2n) is 4.02. The number of aryl methyl sites for hydroxylation is 1. The second kappa shape index (κ2) is 5.31. The largest absolute Gasteiger partial charge is 0.364 e. The van der Waals surface area contributed by atoms with Gasteiger partial charge in [0.15, 0.2) is 0 Å². The molecule has 0 aliphatic rings. The van der Waals surface area contributed by atoms with E-state index in [4.69, 9.17) is 0 Å². The Morgan fingerprint density at radius 3 is 2.89 bits per heavy atom. The number of nitrogens with zero attached hydrogens (tertiary/aromatic N) is 1. The molecule has 0 bridgehead atoms. The number of H-pyrrole nitrogens is 2. The minimum absolute atomic E-state index is 0.127. The van der Waals surface area contributed by atoms with Crippen molar-refractivity contribution in [1.29, 1.82) is 0 Å². The average Bonchev–Trinajstić information content (AvgIpc) is 2.32. The van der Waals surface area contributed by atoms with Crippen LogP contribution >= 0.6 is 0 Å². The molecule has 0 unspecified atom stereocenters. The monoisotopic (exact) mass is 246 g/mol. The third-order valence-electron chi connectivity index (χ3n) is 2.50. The third kappa shape index (κ3) is 3.07. The Balaban J connectivity index is 1.96. The van der Waals surface area contributed by atoms with Crippen LogP contribution < -0.4 is 16.6 Å². The molecule has 1 aromatic heterocycles. The van der Waals surface area contributed by atoms with Gasteiger partial charge >= 0.3 is 5.69 Å². The zero-order chi connectivity index (χ0) is 13.0. The molecule has 6 heteroatoms. The van der Waals surface area contributed by atoms with E-state index in [2.05, 4.69) is 26.6 Å². The first-order valence-corrected chi connectivity index (χ1v) is 5.63. The summed E-state index contributed by atoms with van der Waals surface area (Å²) in [6.07, 6.45) is 0.780. The van der Waals surface area contributed by atoms with Crippen molar-refractivity contribution >= 4 is 5.82 Å². The molecule has 0 spiro atoms. The number of anilines is 1. The van der Waals surface area contributed by atoms with E-state index in [0.717, 1.165) is 6.42 Å². The van der Waals surface area contributed by atoms with E-state index in [1.807, 2.05) is 25.1 Å². The van der Waals surface area contributed by atoms with Crippen molar-refractivity contribution in [2.45, 2.75) is 13.3 Å². The van der Waals surface area contributed by atoms with Gasteiger partial charge in [-0.05, 0) is 18.9 Å². The molecular weight excluding hydrogens is 232 g/mol. The van der Waals surface area contributed by atoms with Gasteiger partial charge in [0.25, 0.3) is 5.56 Å². The maximum atomic E-state index is 11.3. The molecule has 2 rings (SSSR count). The quantitative estimate of drug-likeness (QED) is 0.729. The molecule has 3 N–H and O–H groups in total. The number of nitrogens with one attached hydrogen (secondary N) is 3. The Hall–Kier alpha value is -2.37. The highest BCUT2D eigenvalue weighted by Gasteiger charge is 2.01. The van der Waals surface area contributed by atoms with Crippen LogP contribution in [0.3, 0.4) is 0 Å². The lowest BCUT2D eigenvalue weighted by atomic mass is 10.1. The second-order valence-corrected chi connectivity index (χ2v) is 4.02. The summed E-state index contributed by atoms with van der Waals surface area (Å²) in [5, 5.41) is 8.69. The Kier molecular flexibility index (Phi) is 3.57. The van der Waals surface area contributed by atoms with Gasteiger partial charge in [0.05, 0.1) is 0 Å². The summed E-state index contributed by atoms with van der Waals surface area (Å²) >= 11 is 0. The first kappa shape index (κ1) is 12.1. The molecule has 1 heterocycles. The summed E-state index contributed by atoms with van der Waals surface area (Å²) in [4.78, 5) is 24.2. The van der Waals surface area contributed by atoms with Crippen molar-refractivity contribution in [2.75, 3.05) is 11.9 Å². The molecule has 0 aliphatic carbocycles. The van der Waals surface area contributed by atoms with Crippen molar-refractivity contribution < 1.29 is 0 Å². The summed E-state index contributed by atoms with van der Waals surface area (Å²) in [7, 11) is 0. The molecule has 1 aromatic carbocycles. The lowest BCUT2D eigenvalue weighted by molar-refractivity contribution is 0.876. The summed E-state index contributed by atoms with van der Waals surface area (Å²) in [6.45, 7) is 2.61. The lowest BCUT2D eigenvalue weighted by Crippen LogP contribution is -2.27. The van der Waals surface area contributed by atoms with Crippen LogP contribution in [0.25, 0.3) is 0 Å². The van der Waals surface area contributed by atoms with Crippen molar-refractivity contribution in [1.82, 2.24) is 15.2 Å². The van der Waals surface area contributed by atoms with E-state index < -0.39 is 11.2 Å². The zero-order valence-corrected chi connectivity index (χ0v) is 9.99. The molecule has 0 amide bonds. The lowest BCUT2D eigenvalue weighted by Gasteiger charge is -2.04. The minimum atomic E-state index is -0.607.